The van der Waals surface area contributed by atoms with Crippen LogP contribution < -0.4 is 10.6 Å². The van der Waals surface area contributed by atoms with Crippen LogP contribution in [-0.2, 0) is 0 Å². The van der Waals surface area contributed by atoms with Crippen LogP contribution in [0.5, 0.6) is 0 Å². The van der Waals surface area contributed by atoms with Crippen LogP contribution in [-0.4, -0.2) is 62.3 Å². The van der Waals surface area contributed by atoms with E-state index in [0.717, 1.165) is 42.1 Å². The highest BCUT2D eigenvalue weighted by atomic mass is 16.4. The number of fused-ring (bicyclic) bond motifs is 1. The summed E-state index contributed by atoms with van der Waals surface area (Å²) < 4.78 is 1.81. The third kappa shape index (κ3) is 4.82. The number of unbranched alkanes of at least 4 members (excludes halogenated alkanes) is 1. The van der Waals surface area contributed by atoms with Gasteiger partial charge in [-0.15, -0.1) is 5.10 Å². The second-order valence-electron chi connectivity index (χ2n) is 8.01. The highest BCUT2D eigenvalue weighted by molar-refractivity contribution is 5.94. The molecule has 0 unspecified atom stereocenters. The van der Waals surface area contributed by atoms with Crippen molar-refractivity contribution in [1.29, 1.82) is 0 Å². The quantitative estimate of drug-likeness (QED) is 0.489. The summed E-state index contributed by atoms with van der Waals surface area (Å²) in [5.41, 5.74) is 3.16. The first-order valence-corrected chi connectivity index (χ1v) is 11.0. The molecule has 4 rings (SSSR count). The Morgan fingerprint density at radius 2 is 1.88 bits per heavy atom. The molecule has 1 aliphatic heterocycles. The fraction of sp³-hybridized carbons (Fsp3) is 0.391. The van der Waals surface area contributed by atoms with Gasteiger partial charge in [0.2, 0.25) is 0 Å². The number of rotatable bonds is 7. The number of piperidine rings is 1. The molecular weight excluding hydrogens is 408 g/mol. The molecule has 2 aromatic heterocycles. The Morgan fingerprint density at radius 3 is 2.56 bits per heavy atom. The molecule has 0 aliphatic carbocycles. The monoisotopic (exact) mass is 436 g/mol. The molecule has 0 saturated carbocycles. The summed E-state index contributed by atoms with van der Waals surface area (Å²) >= 11 is 0. The molecule has 1 aliphatic rings. The van der Waals surface area contributed by atoms with Crippen LogP contribution >= 0.6 is 0 Å². The minimum absolute atomic E-state index is 0.0380. The second kappa shape index (κ2) is 9.67. The lowest BCUT2D eigenvalue weighted by molar-refractivity contribution is 0.0706. The van der Waals surface area contributed by atoms with Gasteiger partial charge in [-0.05, 0) is 43.5 Å². The number of carbonyl (C=O) groups is 2. The zero-order valence-electron chi connectivity index (χ0n) is 18.1. The molecule has 0 radical (unpaired) electrons. The topological polar surface area (TPSA) is 112 Å². The van der Waals surface area contributed by atoms with Crippen LogP contribution in [0.4, 0.5) is 10.6 Å². The van der Waals surface area contributed by atoms with Gasteiger partial charge in [-0.25, -0.2) is 14.3 Å². The van der Waals surface area contributed by atoms with Crippen molar-refractivity contribution in [3.63, 3.8) is 0 Å². The summed E-state index contributed by atoms with van der Waals surface area (Å²) in [6.45, 7) is 4.10. The molecule has 2 amide bonds. The van der Waals surface area contributed by atoms with Crippen LogP contribution in [0, 0.1) is 0 Å². The number of carbonyl (C=O) groups excluding carboxylic acids is 1. The van der Waals surface area contributed by atoms with Gasteiger partial charge in [0, 0.05) is 36.8 Å². The lowest BCUT2D eigenvalue weighted by Gasteiger charge is -2.31. The standard InChI is InChI=1S/C23H28N6O3/c1-2-3-12-24-20-8-9-21-25-15-19(29(21)27-20)16-4-6-17(7-5-16)22(30)28-13-10-18(11-14-28)26-23(31)32/h4-9,15,18,26H,2-3,10-14H2,1H3,(H,24,27)(H,31,32). The Morgan fingerprint density at radius 1 is 1.12 bits per heavy atom. The average Bonchev–Trinajstić information content (AvgIpc) is 3.22. The number of hydrogen-bond donors (Lipinski definition) is 3. The highest BCUT2D eigenvalue weighted by Gasteiger charge is 2.24. The van der Waals surface area contributed by atoms with Gasteiger partial charge in [-0.3, -0.25) is 4.79 Å². The number of benzene rings is 1. The molecule has 1 saturated heterocycles. The molecule has 0 bridgehead atoms. The SMILES string of the molecule is CCCCNc1ccc2ncc(-c3ccc(C(=O)N4CCC(NC(=O)O)CC4)cc3)n2n1. The van der Waals surface area contributed by atoms with Crippen molar-refractivity contribution >= 4 is 23.5 Å². The maximum absolute atomic E-state index is 12.9. The summed E-state index contributed by atoms with van der Waals surface area (Å²) in [4.78, 5) is 29.9. The zero-order valence-corrected chi connectivity index (χ0v) is 18.1. The van der Waals surface area contributed by atoms with Gasteiger partial charge in [0.25, 0.3) is 5.91 Å². The maximum Gasteiger partial charge on any atom is 0.404 e. The minimum atomic E-state index is -1.02. The smallest absolute Gasteiger partial charge is 0.404 e. The van der Waals surface area contributed by atoms with Crippen LogP contribution in [0.2, 0.25) is 0 Å². The number of nitrogens with one attached hydrogen (secondary N) is 2. The predicted octanol–water partition coefficient (Wildman–Crippen LogP) is 3.48. The molecule has 3 aromatic rings. The van der Waals surface area contributed by atoms with Crippen LogP contribution in [0.1, 0.15) is 43.0 Å². The van der Waals surface area contributed by atoms with E-state index in [-0.39, 0.29) is 11.9 Å². The third-order valence-corrected chi connectivity index (χ3v) is 5.74. The zero-order chi connectivity index (χ0) is 22.5. The van der Waals surface area contributed by atoms with Crippen molar-refractivity contribution in [2.75, 3.05) is 25.0 Å². The van der Waals surface area contributed by atoms with Gasteiger partial charge in [-0.1, -0.05) is 25.5 Å². The average molecular weight is 437 g/mol. The number of amides is 2. The van der Waals surface area contributed by atoms with E-state index in [1.165, 1.54) is 0 Å². The normalized spacial score (nSPS) is 14.5. The van der Waals surface area contributed by atoms with E-state index >= 15 is 0 Å². The largest absolute Gasteiger partial charge is 0.465 e. The first kappa shape index (κ1) is 21.6. The van der Waals surface area contributed by atoms with Crippen molar-refractivity contribution in [3.05, 3.63) is 48.2 Å². The first-order chi connectivity index (χ1) is 15.5. The maximum atomic E-state index is 12.9. The van der Waals surface area contributed by atoms with Gasteiger partial charge in [0.15, 0.2) is 5.65 Å². The molecule has 168 valence electrons. The number of nitrogens with zero attached hydrogens (tertiary/aromatic N) is 4. The molecule has 1 fully saturated rings. The minimum Gasteiger partial charge on any atom is -0.465 e. The fourth-order valence-electron chi connectivity index (χ4n) is 3.93. The molecule has 9 heteroatoms. The van der Waals surface area contributed by atoms with Gasteiger partial charge in [0.05, 0.1) is 11.9 Å². The Balaban J connectivity index is 1.45. The lowest BCUT2D eigenvalue weighted by Crippen LogP contribution is -2.46. The summed E-state index contributed by atoms with van der Waals surface area (Å²) in [6.07, 6.45) is 4.22. The second-order valence-corrected chi connectivity index (χ2v) is 8.01. The van der Waals surface area contributed by atoms with E-state index in [4.69, 9.17) is 5.11 Å². The van der Waals surface area contributed by atoms with Gasteiger partial charge in [0.1, 0.15) is 5.82 Å². The van der Waals surface area contributed by atoms with E-state index in [2.05, 4.69) is 27.6 Å². The van der Waals surface area contributed by atoms with E-state index in [0.29, 0.717) is 31.5 Å². The molecule has 9 nitrogen and oxygen atoms in total. The Bertz CT molecular complexity index is 1090. The van der Waals surface area contributed by atoms with E-state index in [9.17, 15) is 9.59 Å². The number of hydrogen-bond acceptors (Lipinski definition) is 5. The number of aromatic nitrogens is 3. The van der Waals surface area contributed by atoms with Crippen LogP contribution in [0.15, 0.2) is 42.6 Å². The predicted molar refractivity (Wildman–Crippen MR) is 122 cm³/mol. The first-order valence-electron chi connectivity index (χ1n) is 11.0. The number of anilines is 1. The van der Waals surface area contributed by atoms with E-state index < -0.39 is 6.09 Å². The van der Waals surface area contributed by atoms with Crippen molar-refractivity contribution in [1.82, 2.24) is 24.8 Å². The van der Waals surface area contributed by atoms with Crippen molar-refractivity contribution in [2.45, 2.75) is 38.6 Å². The van der Waals surface area contributed by atoms with E-state index in [1.807, 2.05) is 40.9 Å². The molecular formula is C23H28N6O3. The number of likely N-dealkylation sites (tertiary alicyclic amines) is 1. The Labute approximate surface area is 186 Å². The van der Waals surface area contributed by atoms with Gasteiger partial charge < -0.3 is 20.6 Å². The van der Waals surface area contributed by atoms with Crippen LogP contribution in [0.25, 0.3) is 16.9 Å². The fourth-order valence-corrected chi connectivity index (χ4v) is 3.93. The summed E-state index contributed by atoms with van der Waals surface area (Å²) in [5, 5.41) is 19.3. The Hall–Kier alpha value is -3.62. The van der Waals surface area contributed by atoms with Gasteiger partial charge in [-0.2, -0.15) is 0 Å². The summed E-state index contributed by atoms with van der Waals surface area (Å²) in [5.74, 6) is 0.766. The third-order valence-electron chi connectivity index (χ3n) is 5.74. The molecule has 1 aromatic carbocycles. The summed E-state index contributed by atoms with van der Waals surface area (Å²) in [7, 11) is 0. The van der Waals surface area contributed by atoms with Crippen LogP contribution in [0.3, 0.4) is 0 Å². The number of carboxylic acid groups (broad SMARTS) is 1. The van der Waals surface area contributed by atoms with Crippen molar-refractivity contribution in [2.24, 2.45) is 0 Å². The van der Waals surface area contributed by atoms with Crippen molar-refractivity contribution < 1.29 is 14.7 Å². The lowest BCUT2D eigenvalue weighted by atomic mass is 10.0. The van der Waals surface area contributed by atoms with E-state index in [1.54, 1.807) is 11.1 Å². The van der Waals surface area contributed by atoms with Gasteiger partial charge >= 0.3 is 6.09 Å². The highest BCUT2D eigenvalue weighted by Crippen LogP contribution is 2.22. The molecule has 0 spiro atoms. The summed E-state index contributed by atoms with van der Waals surface area (Å²) in [6, 6.07) is 11.2. The Kier molecular flexibility index (Phi) is 6.53. The molecule has 3 heterocycles. The number of imidazole rings is 1. The molecule has 32 heavy (non-hydrogen) atoms. The molecule has 3 N–H and O–H groups in total. The molecule has 0 atom stereocenters. The van der Waals surface area contributed by atoms with Crippen molar-refractivity contribution in [3.8, 4) is 11.3 Å².